The van der Waals surface area contributed by atoms with Crippen molar-refractivity contribution in [3.8, 4) is 0 Å². The normalized spacial score (nSPS) is 10.6. The average molecular weight is 244 g/mol. The van der Waals surface area contributed by atoms with Gasteiger partial charge in [0.2, 0.25) is 0 Å². The maximum absolute atomic E-state index is 12.7. The fraction of sp³-hybridized carbons (Fsp3) is 0.455. The Labute approximate surface area is 97.8 Å². The van der Waals surface area contributed by atoms with E-state index in [1.165, 1.54) is 6.92 Å². The molecule has 0 radical (unpaired) electrons. The second kappa shape index (κ2) is 5.56. The number of nitrogens with two attached hydrogens (primary N) is 1. The topological polar surface area (TPSA) is 65.2 Å². The van der Waals surface area contributed by atoms with E-state index in [0.29, 0.717) is 0 Å². The second-order valence-electron chi connectivity index (χ2n) is 3.48. The number of hydrogen-bond acceptors (Lipinski definition) is 4. The first kappa shape index (κ1) is 13.3. The lowest BCUT2D eigenvalue weighted by Crippen LogP contribution is -2.12. The number of pyridine rings is 1. The first-order chi connectivity index (χ1) is 7.97. The van der Waals surface area contributed by atoms with E-state index in [9.17, 15) is 13.6 Å². The number of aromatic nitrogens is 1. The quantitative estimate of drug-likeness (QED) is 0.823. The van der Waals surface area contributed by atoms with Crippen LogP contribution in [0.3, 0.4) is 0 Å². The molecule has 0 atom stereocenters. The van der Waals surface area contributed by atoms with E-state index in [1.54, 1.807) is 6.92 Å². The highest BCUT2D eigenvalue weighted by Gasteiger charge is 2.19. The molecule has 94 valence electrons. The van der Waals surface area contributed by atoms with E-state index in [0.717, 1.165) is 6.20 Å². The van der Waals surface area contributed by atoms with Crippen molar-refractivity contribution in [1.29, 1.82) is 0 Å². The van der Waals surface area contributed by atoms with Crippen LogP contribution in [0.5, 0.6) is 0 Å². The third kappa shape index (κ3) is 3.12. The molecule has 0 aliphatic heterocycles. The van der Waals surface area contributed by atoms with Crippen molar-refractivity contribution < 1.29 is 18.3 Å². The summed E-state index contributed by atoms with van der Waals surface area (Å²) in [5, 5.41) is 0. The van der Waals surface area contributed by atoms with Crippen LogP contribution in [0.2, 0.25) is 0 Å². The van der Waals surface area contributed by atoms with Gasteiger partial charge in [-0.1, -0.05) is 0 Å². The highest BCUT2D eigenvalue weighted by atomic mass is 19.3. The largest absolute Gasteiger partial charge is 0.466 e. The van der Waals surface area contributed by atoms with E-state index in [1.807, 2.05) is 0 Å². The van der Waals surface area contributed by atoms with Crippen molar-refractivity contribution in [2.75, 3.05) is 12.3 Å². The van der Waals surface area contributed by atoms with Crippen molar-refractivity contribution in [2.24, 2.45) is 0 Å². The number of carbonyl (C=O) groups excluding carboxylic acids is 1. The van der Waals surface area contributed by atoms with Gasteiger partial charge in [-0.25, -0.2) is 8.78 Å². The predicted molar refractivity (Wildman–Crippen MR) is 58.7 cm³/mol. The molecule has 0 spiro atoms. The first-order valence-electron chi connectivity index (χ1n) is 5.15. The number of nitrogens with zero attached hydrogens (tertiary/aromatic N) is 1. The molecule has 1 aromatic rings. The molecule has 0 amide bonds. The maximum atomic E-state index is 12.7. The number of halogens is 2. The maximum Gasteiger partial charge on any atom is 0.311 e. The SMILES string of the molecule is CCOC(=O)Cc1ncc(N)c(C(F)F)c1C. The van der Waals surface area contributed by atoms with E-state index in [4.69, 9.17) is 10.5 Å². The molecule has 0 saturated carbocycles. The van der Waals surface area contributed by atoms with Crippen LogP contribution in [0.15, 0.2) is 6.20 Å². The molecule has 17 heavy (non-hydrogen) atoms. The zero-order valence-electron chi connectivity index (χ0n) is 9.67. The summed E-state index contributed by atoms with van der Waals surface area (Å²) in [5.74, 6) is -0.493. The number of rotatable bonds is 4. The Hall–Kier alpha value is -1.72. The standard InChI is InChI=1S/C11H14F2N2O2/c1-3-17-9(16)4-8-6(2)10(11(12)13)7(14)5-15-8/h5,11H,3-4,14H2,1-2H3. The molecule has 0 aliphatic carbocycles. The third-order valence-electron chi connectivity index (χ3n) is 2.34. The fourth-order valence-corrected chi connectivity index (χ4v) is 1.50. The molecule has 1 heterocycles. The van der Waals surface area contributed by atoms with Crippen molar-refractivity contribution >= 4 is 11.7 Å². The lowest BCUT2D eigenvalue weighted by molar-refractivity contribution is -0.142. The Balaban J connectivity index is 3.02. The van der Waals surface area contributed by atoms with Crippen LogP contribution in [-0.2, 0) is 16.0 Å². The van der Waals surface area contributed by atoms with Gasteiger partial charge in [0.1, 0.15) is 0 Å². The third-order valence-corrected chi connectivity index (χ3v) is 2.34. The summed E-state index contributed by atoms with van der Waals surface area (Å²) in [5.41, 5.74) is 5.61. The lowest BCUT2D eigenvalue weighted by Gasteiger charge is -2.12. The molecule has 2 N–H and O–H groups in total. The highest BCUT2D eigenvalue weighted by molar-refractivity contribution is 5.73. The number of nitrogen functional groups attached to an aromatic ring is 1. The smallest absolute Gasteiger partial charge is 0.311 e. The molecule has 0 aliphatic rings. The van der Waals surface area contributed by atoms with E-state index in [-0.39, 0.29) is 35.5 Å². The molecule has 4 nitrogen and oxygen atoms in total. The summed E-state index contributed by atoms with van der Waals surface area (Å²) in [6.45, 7) is 3.39. The number of hydrogen-bond donors (Lipinski definition) is 1. The van der Waals surface area contributed by atoms with Gasteiger partial charge in [0, 0.05) is 5.56 Å². The Kier molecular flexibility index (Phi) is 4.37. The number of carbonyl (C=O) groups is 1. The van der Waals surface area contributed by atoms with Crippen molar-refractivity contribution in [2.45, 2.75) is 26.7 Å². The summed E-state index contributed by atoms with van der Waals surface area (Å²) >= 11 is 0. The van der Waals surface area contributed by atoms with Gasteiger partial charge in [0.25, 0.3) is 6.43 Å². The Morgan fingerprint density at radius 2 is 2.24 bits per heavy atom. The van der Waals surface area contributed by atoms with Crippen LogP contribution in [0.1, 0.15) is 30.2 Å². The van der Waals surface area contributed by atoms with Crippen molar-refractivity contribution in [1.82, 2.24) is 4.98 Å². The van der Waals surface area contributed by atoms with Crippen LogP contribution in [-0.4, -0.2) is 17.6 Å². The zero-order chi connectivity index (χ0) is 13.0. The molecule has 6 heteroatoms. The number of alkyl halides is 2. The number of esters is 1. The highest BCUT2D eigenvalue weighted by Crippen LogP contribution is 2.29. The zero-order valence-corrected chi connectivity index (χ0v) is 9.67. The summed E-state index contributed by atoms with van der Waals surface area (Å²) in [4.78, 5) is 15.1. The molecule has 1 aromatic heterocycles. The van der Waals surface area contributed by atoms with Gasteiger partial charge < -0.3 is 10.5 Å². The van der Waals surface area contributed by atoms with Gasteiger partial charge in [-0.15, -0.1) is 0 Å². The molecule has 0 bridgehead atoms. The van der Waals surface area contributed by atoms with Crippen molar-refractivity contribution in [3.05, 3.63) is 23.0 Å². The lowest BCUT2D eigenvalue weighted by atomic mass is 10.0. The monoisotopic (exact) mass is 244 g/mol. The molecule has 0 unspecified atom stereocenters. The molecule has 0 saturated heterocycles. The van der Waals surface area contributed by atoms with Crippen LogP contribution in [0.4, 0.5) is 14.5 Å². The summed E-state index contributed by atoms with van der Waals surface area (Å²) in [6, 6.07) is 0. The second-order valence-corrected chi connectivity index (χ2v) is 3.48. The van der Waals surface area contributed by atoms with Gasteiger partial charge in [0.15, 0.2) is 0 Å². The molecular formula is C11H14F2N2O2. The minimum absolute atomic E-state index is 0.0647. The Morgan fingerprint density at radius 3 is 2.76 bits per heavy atom. The van der Waals surface area contributed by atoms with Crippen LogP contribution in [0.25, 0.3) is 0 Å². The molecular weight excluding hydrogens is 230 g/mol. The van der Waals surface area contributed by atoms with Gasteiger partial charge in [0.05, 0.1) is 30.6 Å². The van der Waals surface area contributed by atoms with Gasteiger partial charge >= 0.3 is 5.97 Å². The summed E-state index contributed by atoms with van der Waals surface area (Å²) in [6.07, 6.45) is -1.66. The van der Waals surface area contributed by atoms with Crippen LogP contribution < -0.4 is 5.73 Å². The number of anilines is 1. The minimum Gasteiger partial charge on any atom is -0.466 e. The average Bonchev–Trinajstić information content (AvgIpc) is 2.22. The predicted octanol–water partition coefficient (Wildman–Crippen LogP) is 2.02. The first-order valence-corrected chi connectivity index (χ1v) is 5.15. The van der Waals surface area contributed by atoms with Crippen molar-refractivity contribution in [3.63, 3.8) is 0 Å². The molecule has 0 aromatic carbocycles. The molecule has 0 fully saturated rings. The van der Waals surface area contributed by atoms with E-state index < -0.39 is 12.4 Å². The van der Waals surface area contributed by atoms with Gasteiger partial charge in [-0.3, -0.25) is 9.78 Å². The Morgan fingerprint density at radius 1 is 1.59 bits per heavy atom. The summed E-state index contributed by atoms with van der Waals surface area (Å²) in [7, 11) is 0. The van der Waals surface area contributed by atoms with E-state index >= 15 is 0 Å². The van der Waals surface area contributed by atoms with E-state index in [2.05, 4.69) is 4.98 Å². The van der Waals surface area contributed by atoms with Gasteiger partial charge in [-0.2, -0.15) is 0 Å². The van der Waals surface area contributed by atoms with Crippen LogP contribution in [0, 0.1) is 6.92 Å². The number of ether oxygens (including phenoxy) is 1. The minimum atomic E-state index is -2.68. The van der Waals surface area contributed by atoms with Crippen LogP contribution >= 0.6 is 0 Å². The summed E-state index contributed by atoms with van der Waals surface area (Å²) < 4.78 is 30.2. The van der Waals surface area contributed by atoms with Gasteiger partial charge in [-0.05, 0) is 19.4 Å². The fourth-order valence-electron chi connectivity index (χ4n) is 1.50. The Bertz CT molecular complexity index is 422. The molecule has 1 rings (SSSR count).